The molecular weight excluding hydrogens is 300 g/mol. The Kier molecular flexibility index (Phi) is 20.3. The van der Waals surface area contributed by atoms with Crippen LogP contribution in [0.25, 0.3) is 0 Å². The third-order valence-electron chi connectivity index (χ3n) is 4.23. The van der Waals surface area contributed by atoms with Gasteiger partial charge in [0.15, 0.2) is 6.29 Å². The van der Waals surface area contributed by atoms with Gasteiger partial charge in [0, 0.05) is 19.8 Å². The number of unbranched alkanes of at least 4 members (excludes halogenated alkanes) is 10. The lowest BCUT2D eigenvalue weighted by Crippen LogP contribution is -2.17. The molecule has 0 saturated heterocycles. The molecule has 3 heteroatoms. The predicted molar refractivity (Wildman–Crippen MR) is 103 cm³/mol. The van der Waals surface area contributed by atoms with Gasteiger partial charge >= 0.3 is 0 Å². The van der Waals surface area contributed by atoms with Gasteiger partial charge in [0.05, 0.1) is 0 Å². The molecule has 0 aliphatic carbocycles. The topological polar surface area (TPSA) is 38.7 Å². The molecule has 0 heterocycles. The molecular formula is C21H42O3. The first kappa shape index (κ1) is 23.6. The second kappa shape index (κ2) is 20.7. The maximum Gasteiger partial charge on any atom is 0.157 e. The number of ether oxygens (including phenoxy) is 2. The third kappa shape index (κ3) is 18.0. The van der Waals surface area contributed by atoms with E-state index in [0.717, 1.165) is 26.1 Å². The van der Waals surface area contributed by atoms with Crippen molar-refractivity contribution in [1.29, 1.82) is 0 Å². The number of aliphatic hydroxyl groups is 1. The Hall–Kier alpha value is -0.380. The second-order valence-electron chi connectivity index (χ2n) is 6.44. The van der Waals surface area contributed by atoms with Crippen molar-refractivity contribution in [2.75, 3.05) is 19.8 Å². The molecule has 0 fully saturated rings. The van der Waals surface area contributed by atoms with Crippen LogP contribution in [0.1, 0.15) is 97.3 Å². The average Bonchev–Trinajstić information content (AvgIpc) is 2.58. The van der Waals surface area contributed by atoms with Gasteiger partial charge < -0.3 is 14.6 Å². The van der Waals surface area contributed by atoms with Crippen LogP contribution >= 0.6 is 0 Å². The van der Waals surface area contributed by atoms with E-state index in [4.69, 9.17) is 14.6 Å². The Balaban J connectivity index is 3.19. The molecule has 3 nitrogen and oxygen atoms in total. The Morgan fingerprint density at radius 2 is 1.12 bits per heavy atom. The van der Waals surface area contributed by atoms with Gasteiger partial charge in [0.2, 0.25) is 0 Å². The largest absolute Gasteiger partial charge is 0.396 e. The van der Waals surface area contributed by atoms with E-state index in [9.17, 15) is 0 Å². The van der Waals surface area contributed by atoms with Crippen LogP contribution in [0, 0.1) is 0 Å². The van der Waals surface area contributed by atoms with E-state index in [0.29, 0.717) is 0 Å². The normalized spacial score (nSPS) is 11.8. The first-order valence-corrected chi connectivity index (χ1v) is 10.3. The molecule has 144 valence electrons. The lowest BCUT2D eigenvalue weighted by Gasteiger charge is -2.16. The Morgan fingerprint density at radius 1 is 0.667 bits per heavy atom. The van der Waals surface area contributed by atoms with E-state index >= 15 is 0 Å². The van der Waals surface area contributed by atoms with Crippen molar-refractivity contribution in [2.45, 2.75) is 104 Å². The van der Waals surface area contributed by atoms with E-state index < -0.39 is 0 Å². The van der Waals surface area contributed by atoms with Gasteiger partial charge in [0.1, 0.15) is 0 Å². The average molecular weight is 343 g/mol. The van der Waals surface area contributed by atoms with Crippen molar-refractivity contribution in [3.05, 3.63) is 12.2 Å². The van der Waals surface area contributed by atoms with E-state index in [1.165, 1.54) is 70.6 Å². The van der Waals surface area contributed by atoms with Crippen molar-refractivity contribution in [3.8, 4) is 0 Å². The highest BCUT2D eigenvalue weighted by Gasteiger charge is 2.06. The summed E-state index contributed by atoms with van der Waals surface area (Å²) in [4.78, 5) is 0. The van der Waals surface area contributed by atoms with Crippen LogP contribution in [0.5, 0.6) is 0 Å². The number of allylic oxidation sites excluding steroid dienone is 1. The number of hydrogen-bond donors (Lipinski definition) is 1. The highest BCUT2D eigenvalue weighted by molar-refractivity contribution is 4.80. The standard InChI is InChI=1S/C21H42O3/c1-3-23-21(24-4-2)19-17-15-13-11-9-7-5-6-8-10-12-14-16-18-20-22/h14,16,21-22H,3-13,15,17-20H2,1-2H3/b16-14-. The first-order valence-electron chi connectivity index (χ1n) is 10.3. The van der Waals surface area contributed by atoms with Crippen molar-refractivity contribution in [2.24, 2.45) is 0 Å². The van der Waals surface area contributed by atoms with E-state index in [1.807, 2.05) is 13.8 Å². The van der Waals surface area contributed by atoms with Gasteiger partial charge in [-0.2, -0.15) is 0 Å². The zero-order chi connectivity index (χ0) is 17.7. The Bertz CT molecular complexity index is 247. The fourth-order valence-corrected chi connectivity index (χ4v) is 2.88. The monoisotopic (exact) mass is 342 g/mol. The summed E-state index contributed by atoms with van der Waals surface area (Å²) in [5, 5.41) is 8.66. The maximum atomic E-state index is 8.66. The molecule has 0 aromatic rings. The molecule has 0 aromatic carbocycles. The molecule has 0 rings (SSSR count). The van der Waals surface area contributed by atoms with Crippen molar-refractivity contribution < 1.29 is 14.6 Å². The highest BCUT2D eigenvalue weighted by atomic mass is 16.7. The lowest BCUT2D eigenvalue weighted by atomic mass is 10.0. The molecule has 0 aromatic heterocycles. The van der Waals surface area contributed by atoms with Crippen LogP contribution in [-0.2, 0) is 9.47 Å². The van der Waals surface area contributed by atoms with Gasteiger partial charge in [-0.3, -0.25) is 0 Å². The molecule has 0 atom stereocenters. The van der Waals surface area contributed by atoms with Crippen molar-refractivity contribution in [3.63, 3.8) is 0 Å². The molecule has 0 spiro atoms. The minimum Gasteiger partial charge on any atom is -0.396 e. The molecule has 0 bridgehead atoms. The smallest absolute Gasteiger partial charge is 0.157 e. The van der Waals surface area contributed by atoms with Gasteiger partial charge in [-0.15, -0.1) is 0 Å². The van der Waals surface area contributed by atoms with Gasteiger partial charge in [-0.25, -0.2) is 0 Å². The summed E-state index contributed by atoms with van der Waals surface area (Å²) in [5.74, 6) is 0. The Labute approximate surface area is 150 Å². The third-order valence-corrected chi connectivity index (χ3v) is 4.23. The summed E-state index contributed by atoms with van der Waals surface area (Å²) < 4.78 is 11.1. The summed E-state index contributed by atoms with van der Waals surface area (Å²) in [7, 11) is 0. The summed E-state index contributed by atoms with van der Waals surface area (Å²) in [6.45, 7) is 5.81. The van der Waals surface area contributed by atoms with Crippen LogP contribution in [0.15, 0.2) is 12.2 Å². The minimum atomic E-state index is 0.0125. The fraction of sp³-hybridized carbons (Fsp3) is 0.905. The second-order valence-corrected chi connectivity index (χ2v) is 6.44. The van der Waals surface area contributed by atoms with Crippen molar-refractivity contribution >= 4 is 0 Å². The van der Waals surface area contributed by atoms with Gasteiger partial charge in [-0.1, -0.05) is 63.5 Å². The van der Waals surface area contributed by atoms with E-state index in [-0.39, 0.29) is 12.9 Å². The molecule has 0 unspecified atom stereocenters. The summed E-state index contributed by atoms with van der Waals surface area (Å²) >= 11 is 0. The van der Waals surface area contributed by atoms with Gasteiger partial charge in [-0.05, 0) is 46.0 Å². The van der Waals surface area contributed by atoms with Crippen LogP contribution in [0.2, 0.25) is 0 Å². The van der Waals surface area contributed by atoms with E-state index in [1.54, 1.807) is 0 Å². The summed E-state index contributed by atoms with van der Waals surface area (Å²) in [5.41, 5.74) is 0. The molecule has 0 aliphatic heterocycles. The number of hydrogen-bond acceptors (Lipinski definition) is 3. The van der Waals surface area contributed by atoms with Crippen molar-refractivity contribution in [1.82, 2.24) is 0 Å². The van der Waals surface area contributed by atoms with Crippen LogP contribution < -0.4 is 0 Å². The summed E-state index contributed by atoms with van der Waals surface area (Å²) in [6.07, 6.45) is 20.7. The zero-order valence-electron chi connectivity index (χ0n) is 16.3. The minimum absolute atomic E-state index is 0.0125. The maximum absolute atomic E-state index is 8.66. The fourth-order valence-electron chi connectivity index (χ4n) is 2.88. The van der Waals surface area contributed by atoms with Crippen LogP contribution in [-0.4, -0.2) is 31.2 Å². The van der Waals surface area contributed by atoms with Crippen LogP contribution in [0.3, 0.4) is 0 Å². The highest BCUT2D eigenvalue weighted by Crippen LogP contribution is 2.14. The Morgan fingerprint density at radius 3 is 1.62 bits per heavy atom. The SMILES string of the molecule is CCOC(CCCCCCCCCCCC/C=C\CCO)OCC. The molecule has 1 N–H and O–H groups in total. The summed E-state index contributed by atoms with van der Waals surface area (Å²) in [6, 6.07) is 0. The number of aliphatic hydroxyl groups excluding tert-OH is 1. The molecule has 0 saturated carbocycles. The molecule has 0 radical (unpaired) electrons. The number of rotatable bonds is 19. The molecule has 0 amide bonds. The van der Waals surface area contributed by atoms with Gasteiger partial charge in [0.25, 0.3) is 0 Å². The lowest BCUT2D eigenvalue weighted by molar-refractivity contribution is -0.140. The quantitative estimate of drug-likeness (QED) is 0.178. The first-order chi connectivity index (χ1) is 11.8. The van der Waals surface area contributed by atoms with E-state index in [2.05, 4.69) is 12.2 Å². The zero-order valence-corrected chi connectivity index (χ0v) is 16.3. The predicted octanol–water partition coefficient (Wildman–Crippen LogP) is 6.01. The molecule has 0 aliphatic rings. The molecule has 24 heavy (non-hydrogen) atoms. The van der Waals surface area contributed by atoms with Crippen LogP contribution in [0.4, 0.5) is 0 Å².